The van der Waals surface area contributed by atoms with Crippen LogP contribution >= 0.6 is 0 Å². The molecule has 1 unspecified atom stereocenters. The maximum atomic E-state index is 12.0. The first-order valence-corrected chi connectivity index (χ1v) is 7.62. The Balaban J connectivity index is 2.66. The van der Waals surface area contributed by atoms with Crippen LogP contribution in [0.4, 0.5) is 0 Å². The first-order valence-electron chi connectivity index (χ1n) is 7.62. The summed E-state index contributed by atoms with van der Waals surface area (Å²) in [5.41, 5.74) is 2.93. The Bertz CT molecular complexity index is 593. The monoisotopic (exact) mass is 317 g/mol. The number of aryl methyl sites for hydroxylation is 1. The molecular formula is C18H23NO4. The standard InChI is InChI=1S/C18H23NO4/c1-4-7-15-13(3)8-6-9-14(15)10-18(22)23-11-17(21)16(5-2)19-12-20/h4,6-9,12,16H,5,10-11H2,1-3H3,(H,19,20)/b7-4-. The predicted octanol–water partition coefficient (Wildman–Crippen LogP) is 2.21. The molecule has 5 nitrogen and oxygen atoms in total. The van der Waals surface area contributed by atoms with Gasteiger partial charge in [0.05, 0.1) is 12.5 Å². The SMILES string of the molecule is C/C=C\c1c(C)cccc1CC(=O)OCC(=O)C(CC)NC=O. The number of hydrogen-bond acceptors (Lipinski definition) is 4. The van der Waals surface area contributed by atoms with E-state index in [1.54, 1.807) is 6.92 Å². The third-order valence-corrected chi connectivity index (χ3v) is 3.52. The van der Waals surface area contributed by atoms with E-state index in [2.05, 4.69) is 5.32 Å². The van der Waals surface area contributed by atoms with Crippen LogP contribution < -0.4 is 5.32 Å². The molecule has 0 spiro atoms. The maximum absolute atomic E-state index is 12.0. The van der Waals surface area contributed by atoms with Gasteiger partial charge in [-0.3, -0.25) is 14.4 Å². The van der Waals surface area contributed by atoms with Crippen LogP contribution in [0.25, 0.3) is 6.08 Å². The van der Waals surface area contributed by atoms with E-state index >= 15 is 0 Å². The molecule has 0 saturated heterocycles. The Morgan fingerprint density at radius 2 is 2.09 bits per heavy atom. The smallest absolute Gasteiger partial charge is 0.310 e. The van der Waals surface area contributed by atoms with Crippen molar-refractivity contribution < 1.29 is 19.1 Å². The fourth-order valence-electron chi connectivity index (χ4n) is 2.28. The van der Waals surface area contributed by atoms with Crippen LogP contribution in [0.5, 0.6) is 0 Å². The van der Waals surface area contributed by atoms with Crippen LogP contribution in [0.3, 0.4) is 0 Å². The summed E-state index contributed by atoms with van der Waals surface area (Å²) in [5, 5.41) is 2.41. The van der Waals surface area contributed by atoms with Crippen molar-refractivity contribution in [2.75, 3.05) is 6.61 Å². The minimum absolute atomic E-state index is 0.104. The fourth-order valence-corrected chi connectivity index (χ4v) is 2.28. The van der Waals surface area contributed by atoms with Gasteiger partial charge in [-0.1, -0.05) is 37.3 Å². The van der Waals surface area contributed by atoms with Crippen molar-refractivity contribution in [3.8, 4) is 0 Å². The Morgan fingerprint density at radius 3 is 2.70 bits per heavy atom. The molecule has 5 heteroatoms. The number of hydrogen-bond donors (Lipinski definition) is 1. The van der Waals surface area contributed by atoms with E-state index in [-0.39, 0.29) is 18.8 Å². The lowest BCUT2D eigenvalue weighted by Gasteiger charge is -2.13. The van der Waals surface area contributed by atoms with Crippen molar-refractivity contribution in [1.82, 2.24) is 5.32 Å². The molecule has 1 aromatic rings. The van der Waals surface area contributed by atoms with E-state index in [0.717, 1.165) is 16.7 Å². The van der Waals surface area contributed by atoms with Crippen molar-refractivity contribution in [3.05, 3.63) is 41.0 Å². The largest absolute Gasteiger partial charge is 0.457 e. The Labute approximate surface area is 136 Å². The molecule has 1 aromatic carbocycles. The molecule has 0 heterocycles. The van der Waals surface area contributed by atoms with Gasteiger partial charge in [-0.25, -0.2) is 0 Å². The van der Waals surface area contributed by atoms with Gasteiger partial charge in [0.1, 0.15) is 0 Å². The maximum Gasteiger partial charge on any atom is 0.310 e. The normalized spacial score (nSPS) is 12.0. The minimum Gasteiger partial charge on any atom is -0.457 e. The summed E-state index contributed by atoms with van der Waals surface area (Å²) < 4.78 is 5.04. The minimum atomic E-state index is -0.613. The van der Waals surface area contributed by atoms with Gasteiger partial charge < -0.3 is 10.1 Å². The molecule has 1 amide bonds. The average Bonchev–Trinajstić information content (AvgIpc) is 2.53. The Hall–Kier alpha value is -2.43. The number of carbonyl (C=O) groups excluding carboxylic acids is 3. The number of Topliss-reactive ketones (excluding diaryl/α,β-unsaturated/α-hetero) is 1. The summed E-state index contributed by atoms with van der Waals surface area (Å²) in [4.78, 5) is 34.2. The van der Waals surface area contributed by atoms with Crippen LogP contribution in [0.15, 0.2) is 24.3 Å². The third-order valence-electron chi connectivity index (χ3n) is 3.52. The molecule has 23 heavy (non-hydrogen) atoms. The quantitative estimate of drug-likeness (QED) is 0.560. The molecular weight excluding hydrogens is 294 g/mol. The van der Waals surface area contributed by atoms with Crippen LogP contribution in [0.1, 0.15) is 37.0 Å². The second-order valence-electron chi connectivity index (χ2n) is 5.20. The number of carbonyl (C=O) groups is 3. The number of allylic oxidation sites excluding steroid dienone is 1. The molecule has 0 radical (unpaired) electrons. The summed E-state index contributed by atoms with van der Waals surface area (Å²) in [6.07, 6.45) is 4.90. The topological polar surface area (TPSA) is 72.5 Å². The molecule has 0 bridgehead atoms. The zero-order valence-corrected chi connectivity index (χ0v) is 13.8. The summed E-state index contributed by atoms with van der Waals surface area (Å²) in [5.74, 6) is -0.776. The molecule has 1 rings (SSSR count). The Morgan fingerprint density at radius 1 is 1.35 bits per heavy atom. The second kappa shape index (κ2) is 9.56. The van der Waals surface area contributed by atoms with E-state index in [9.17, 15) is 14.4 Å². The third kappa shape index (κ3) is 5.70. The highest BCUT2D eigenvalue weighted by Gasteiger charge is 2.17. The number of esters is 1. The van der Waals surface area contributed by atoms with Gasteiger partial charge >= 0.3 is 5.97 Å². The van der Waals surface area contributed by atoms with Gasteiger partial charge in [0, 0.05) is 0 Å². The van der Waals surface area contributed by atoms with Crippen molar-refractivity contribution in [1.29, 1.82) is 0 Å². The van der Waals surface area contributed by atoms with Crippen LogP contribution in [-0.4, -0.2) is 30.8 Å². The number of benzene rings is 1. The highest BCUT2D eigenvalue weighted by atomic mass is 16.5. The molecule has 0 aromatic heterocycles. The summed E-state index contributed by atoms with van der Waals surface area (Å²) in [6, 6.07) is 5.12. The summed E-state index contributed by atoms with van der Waals surface area (Å²) in [7, 11) is 0. The van der Waals surface area contributed by atoms with Crippen molar-refractivity contribution in [2.45, 2.75) is 39.7 Å². The van der Waals surface area contributed by atoms with Crippen LogP contribution in [-0.2, 0) is 25.5 Å². The Kier molecular flexibility index (Phi) is 7.74. The van der Waals surface area contributed by atoms with Gasteiger partial charge in [-0.2, -0.15) is 0 Å². The lowest BCUT2D eigenvalue weighted by Crippen LogP contribution is -2.38. The van der Waals surface area contributed by atoms with Gasteiger partial charge in [0.15, 0.2) is 12.4 Å². The first-order chi connectivity index (χ1) is 11.0. The highest BCUT2D eigenvalue weighted by Crippen LogP contribution is 2.17. The van der Waals surface area contributed by atoms with Gasteiger partial charge in [0.25, 0.3) is 0 Å². The van der Waals surface area contributed by atoms with E-state index in [4.69, 9.17) is 4.74 Å². The lowest BCUT2D eigenvalue weighted by molar-refractivity contribution is -0.147. The van der Waals surface area contributed by atoms with Gasteiger partial charge in [0.2, 0.25) is 6.41 Å². The molecule has 0 aliphatic rings. The second-order valence-corrected chi connectivity index (χ2v) is 5.20. The molecule has 0 saturated carbocycles. The van der Waals surface area contributed by atoms with E-state index in [1.165, 1.54) is 0 Å². The summed E-state index contributed by atoms with van der Waals surface area (Å²) in [6.45, 7) is 5.34. The lowest BCUT2D eigenvalue weighted by atomic mass is 9.99. The molecule has 1 N–H and O–H groups in total. The molecule has 0 fully saturated rings. The highest BCUT2D eigenvalue weighted by molar-refractivity contribution is 5.88. The van der Waals surface area contributed by atoms with Crippen LogP contribution in [0, 0.1) is 6.92 Å². The van der Waals surface area contributed by atoms with Gasteiger partial charge in [-0.05, 0) is 37.0 Å². The zero-order chi connectivity index (χ0) is 17.2. The fraction of sp³-hybridized carbons (Fsp3) is 0.389. The van der Waals surface area contributed by atoms with Crippen LogP contribution in [0.2, 0.25) is 0 Å². The number of nitrogens with one attached hydrogen (secondary N) is 1. The molecule has 124 valence electrons. The number of amides is 1. The van der Waals surface area contributed by atoms with Crippen molar-refractivity contribution in [3.63, 3.8) is 0 Å². The van der Waals surface area contributed by atoms with Crippen molar-refractivity contribution >= 4 is 24.2 Å². The number of ketones is 1. The van der Waals surface area contributed by atoms with E-state index in [0.29, 0.717) is 12.8 Å². The molecule has 0 aliphatic carbocycles. The molecule has 1 atom stereocenters. The number of rotatable bonds is 9. The van der Waals surface area contributed by atoms with E-state index in [1.807, 2.05) is 44.2 Å². The molecule has 0 aliphatic heterocycles. The first kappa shape index (κ1) is 18.6. The summed E-state index contributed by atoms with van der Waals surface area (Å²) >= 11 is 0. The predicted molar refractivity (Wildman–Crippen MR) is 88.8 cm³/mol. The van der Waals surface area contributed by atoms with Crippen molar-refractivity contribution in [2.24, 2.45) is 0 Å². The number of ether oxygens (including phenoxy) is 1. The van der Waals surface area contributed by atoms with E-state index < -0.39 is 12.0 Å². The van der Waals surface area contributed by atoms with Gasteiger partial charge in [-0.15, -0.1) is 0 Å². The zero-order valence-electron chi connectivity index (χ0n) is 13.8. The average molecular weight is 317 g/mol.